The second-order valence-corrected chi connectivity index (χ2v) is 7.71. The number of aliphatic carboxylic acids is 1. The van der Waals surface area contributed by atoms with Gasteiger partial charge in [-0.25, -0.2) is 4.79 Å². The zero-order valence-corrected chi connectivity index (χ0v) is 15.1. The van der Waals surface area contributed by atoms with Gasteiger partial charge >= 0.3 is 5.97 Å². The Kier molecular flexibility index (Phi) is 4.08. The molecule has 0 saturated carbocycles. The van der Waals surface area contributed by atoms with E-state index in [2.05, 4.69) is 51.1 Å². The minimum Gasteiger partial charge on any atom is -0.479 e. The molecule has 0 saturated heterocycles. The summed E-state index contributed by atoms with van der Waals surface area (Å²) in [6.07, 6.45) is 3.11. The Hall–Kier alpha value is -2.39. The standard InChI is InChI=1S/C22H24O3/c1-14-5-7-15(8-6-14)17-11-12-21(2,3)19-13-16(9-10-18(17)19)22(4,25)20(23)24/h5-11,13,25H,12H2,1-4H3,(H,23,24). The molecule has 2 N–H and O–H groups in total. The zero-order valence-electron chi connectivity index (χ0n) is 15.1. The maximum Gasteiger partial charge on any atom is 0.340 e. The molecule has 0 aromatic heterocycles. The first kappa shape index (κ1) is 17.4. The van der Waals surface area contributed by atoms with Gasteiger partial charge in [-0.15, -0.1) is 0 Å². The summed E-state index contributed by atoms with van der Waals surface area (Å²) in [7, 11) is 0. The molecule has 25 heavy (non-hydrogen) atoms. The van der Waals surface area contributed by atoms with Crippen LogP contribution in [0, 0.1) is 6.92 Å². The molecular formula is C22H24O3. The monoisotopic (exact) mass is 336 g/mol. The molecule has 0 heterocycles. The van der Waals surface area contributed by atoms with Crippen molar-refractivity contribution >= 4 is 11.5 Å². The van der Waals surface area contributed by atoms with Gasteiger partial charge in [-0.2, -0.15) is 0 Å². The molecule has 2 aromatic rings. The van der Waals surface area contributed by atoms with Crippen LogP contribution in [0.1, 0.15) is 55.0 Å². The number of carboxylic acid groups (broad SMARTS) is 1. The third-order valence-corrected chi connectivity index (χ3v) is 5.20. The van der Waals surface area contributed by atoms with Gasteiger partial charge in [-0.1, -0.05) is 68.0 Å². The van der Waals surface area contributed by atoms with Gasteiger partial charge in [0.25, 0.3) is 0 Å². The van der Waals surface area contributed by atoms with Crippen LogP contribution in [0.5, 0.6) is 0 Å². The smallest absolute Gasteiger partial charge is 0.340 e. The molecule has 0 bridgehead atoms. The van der Waals surface area contributed by atoms with Crippen molar-refractivity contribution in [3.05, 3.63) is 76.4 Å². The second-order valence-electron chi connectivity index (χ2n) is 7.71. The molecule has 1 atom stereocenters. The van der Waals surface area contributed by atoms with E-state index in [1.807, 2.05) is 12.1 Å². The minimum absolute atomic E-state index is 0.117. The van der Waals surface area contributed by atoms with E-state index >= 15 is 0 Å². The number of hydrogen-bond donors (Lipinski definition) is 2. The summed E-state index contributed by atoms with van der Waals surface area (Å²) in [6.45, 7) is 7.68. The predicted octanol–water partition coefficient (Wildman–Crippen LogP) is 4.40. The van der Waals surface area contributed by atoms with Crippen molar-refractivity contribution in [2.75, 3.05) is 0 Å². The Labute approximate surface area is 148 Å². The van der Waals surface area contributed by atoms with Crippen LogP contribution < -0.4 is 0 Å². The Morgan fingerprint density at radius 1 is 1.12 bits per heavy atom. The summed E-state index contributed by atoms with van der Waals surface area (Å²) >= 11 is 0. The van der Waals surface area contributed by atoms with Gasteiger partial charge in [0.15, 0.2) is 5.60 Å². The summed E-state index contributed by atoms with van der Waals surface area (Å²) in [4.78, 5) is 11.4. The maximum atomic E-state index is 11.4. The van der Waals surface area contributed by atoms with Crippen molar-refractivity contribution in [1.82, 2.24) is 0 Å². The van der Waals surface area contributed by atoms with Crippen LogP contribution in [0.4, 0.5) is 0 Å². The highest BCUT2D eigenvalue weighted by Gasteiger charge is 2.35. The van der Waals surface area contributed by atoms with Crippen molar-refractivity contribution in [3.63, 3.8) is 0 Å². The highest BCUT2D eigenvalue weighted by Crippen LogP contribution is 2.42. The zero-order chi connectivity index (χ0) is 18.4. The lowest BCUT2D eigenvalue weighted by Gasteiger charge is -2.34. The van der Waals surface area contributed by atoms with Crippen molar-refractivity contribution in [1.29, 1.82) is 0 Å². The van der Waals surface area contributed by atoms with Crippen molar-refractivity contribution in [2.45, 2.75) is 45.1 Å². The largest absolute Gasteiger partial charge is 0.479 e. The maximum absolute atomic E-state index is 11.4. The molecule has 0 radical (unpaired) electrons. The lowest BCUT2D eigenvalue weighted by molar-refractivity contribution is -0.157. The van der Waals surface area contributed by atoms with Crippen LogP contribution in [-0.2, 0) is 15.8 Å². The topological polar surface area (TPSA) is 57.5 Å². The first-order valence-electron chi connectivity index (χ1n) is 8.51. The fourth-order valence-corrected chi connectivity index (χ4v) is 3.35. The third kappa shape index (κ3) is 3.00. The van der Waals surface area contributed by atoms with Crippen molar-refractivity contribution in [2.24, 2.45) is 0 Å². The van der Waals surface area contributed by atoms with Gasteiger partial charge in [0.05, 0.1) is 0 Å². The van der Waals surface area contributed by atoms with Crippen LogP contribution in [-0.4, -0.2) is 16.2 Å². The van der Waals surface area contributed by atoms with Crippen LogP contribution in [0.2, 0.25) is 0 Å². The molecule has 1 aliphatic rings. The fourth-order valence-electron chi connectivity index (χ4n) is 3.35. The molecule has 2 aromatic carbocycles. The third-order valence-electron chi connectivity index (χ3n) is 5.20. The molecular weight excluding hydrogens is 312 g/mol. The first-order valence-corrected chi connectivity index (χ1v) is 8.51. The van der Waals surface area contributed by atoms with Gasteiger partial charge in [0.1, 0.15) is 0 Å². The number of carboxylic acids is 1. The number of fused-ring (bicyclic) bond motifs is 1. The van der Waals surface area contributed by atoms with E-state index in [9.17, 15) is 15.0 Å². The minimum atomic E-state index is -1.89. The van der Waals surface area contributed by atoms with E-state index in [-0.39, 0.29) is 5.41 Å². The van der Waals surface area contributed by atoms with Crippen LogP contribution >= 0.6 is 0 Å². The summed E-state index contributed by atoms with van der Waals surface area (Å²) in [5.74, 6) is -1.24. The molecule has 0 spiro atoms. The Morgan fingerprint density at radius 2 is 1.76 bits per heavy atom. The normalized spacial score (nSPS) is 18.0. The number of aliphatic hydroxyl groups is 1. The van der Waals surface area contributed by atoms with E-state index in [1.54, 1.807) is 6.07 Å². The SMILES string of the molecule is Cc1ccc(C2=CCC(C)(C)c3cc(C(C)(O)C(=O)O)ccc32)cc1. The number of carbonyl (C=O) groups is 1. The van der Waals surface area contributed by atoms with Crippen LogP contribution in [0.25, 0.3) is 5.57 Å². The van der Waals surface area contributed by atoms with Crippen molar-refractivity contribution in [3.8, 4) is 0 Å². The summed E-state index contributed by atoms with van der Waals surface area (Å²) < 4.78 is 0. The summed E-state index contributed by atoms with van der Waals surface area (Å²) in [6, 6.07) is 13.9. The van der Waals surface area contributed by atoms with Crippen molar-refractivity contribution < 1.29 is 15.0 Å². The molecule has 3 heteroatoms. The summed E-state index contributed by atoms with van der Waals surface area (Å²) in [5, 5.41) is 19.7. The summed E-state index contributed by atoms with van der Waals surface area (Å²) in [5.41, 5.74) is 4.11. The van der Waals surface area contributed by atoms with Gasteiger partial charge in [-0.05, 0) is 53.5 Å². The number of hydrogen-bond acceptors (Lipinski definition) is 2. The number of aryl methyl sites for hydroxylation is 1. The van der Waals surface area contributed by atoms with E-state index in [0.717, 1.165) is 28.7 Å². The number of allylic oxidation sites excluding steroid dienone is 1. The van der Waals surface area contributed by atoms with Gasteiger partial charge < -0.3 is 10.2 Å². The molecule has 3 nitrogen and oxygen atoms in total. The van der Waals surface area contributed by atoms with Gasteiger partial charge in [0, 0.05) is 0 Å². The van der Waals surface area contributed by atoms with E-state index in [0.29, 0.717) is 5.56 Å². The molecule has 3 rings (SSSR count). The lowest BCUT2D eigenvalue weighted by Crippen LogP contribution is -2.33. The highest BCUT2D eigenvalue weighted by atomic mass is 16.4. The molecule has 0 amide bonds. The Bertz CT molecular complexity index is 855. The van der Waals surface area contributed by atoms with E-state index in [4.69, 9.17) is 0 Å². The molecule has 130 valence electrons. The van der Waals surface area contributed by atoms with Gasteiger partial charge in [-0.3, -0.25) is 0 Å². The quantitative estimate of drug-likeness (QED) is 0.873. The fraction of sp³-hybridized carbons (Fsp3) is 0.318. The number of benzene rings is 2. The lowest BCUT2D eigenvalue weighted by atomic mass is 9.71. The van der Waals surface area contributed by atoms with Crippen LogP contribution in [0.3, 0.4) is 0 Å². The molecule has 0 fully saturated rings. The number of rotatable bonds is 3. The Balaban J connectivity index is 2.15. The average Bonchev–Trinajstić information content (AvgIpc) is 2.55. The first-order chi connectivity index (χ1) is 11.6. The van der Waals surface area contributed by atoms with Crippen LogP contribution in [0.15, 0.2) is 48.5 Å². The second kappa shape index (κ2) is 5.85. The molecule has 0 aliphatic heterocycles. The predicted molar refractivity (Wildman–Crippen MR) is 99.5 cm³/mol. The highest BCUT2D eigenvalue weighted by molar-refractivity contribution is 5.85. The molecule has 1 unspecified atom stereocenters. The van der Waals surface area contributed by atoms with E-state index < -0.39 is 11.6 Å². The average molecular weight is 336 g/mol. The van der Waals surface area contributed by atoms with Gasteiger partial charge in [0.2, 0.25) is 0 Å². The Morgan fingerprint density at radius 3 is 2.36 bits per heavy atom. The van der Waals surface area contributed by atoms with E-state index in [1.165, 1.54) is 12.5 Å². The molecule has 1 aliphatic carbocycles.